The average Bonchev–Trinajstić information content (AvgIpc) is 1.62. The van der Waals surface area contributed by atoms with E-state index in [1.807, 2.05) is 0 Å². The quantitative estimate of drug-likeness (QED) is 0.153. The summed E-state index contributed by atoms with van der Waals surface area (Å²) < 4.78 is 4.03. The normalized spacial score (nSPS) is 12.1. The van der Waals surface area contributed by atoms with Gasteiger partial charge in [-0.2, -0.15) is 0 Å². The lowest BCUT2D eigenvalue weighted by Crippen LogP contribution is -2.67. The smallest absolute Gasteiger partial charge is 0.135 e. The maximum atomic E-state index is 7.58. The molecule has 70 radical (unpaired) electrons. The second-order valence-corrected chi connectivity index (χ2v) is 22.6. The minimum absolute atomic E-state index is 0.00963. The molecule has 0 aliphatic carbocycles. The van der Waals surface area contributed by atoms with Gasteiger partial charge in [0.1, 0.15) is 286 Å². The van der Waals surface area contributed by atoms with E-state index in [2.05, 4.69) is 0 Å². The molecule has 4 heterocycles. The Morgan fingerprint density at radius 1 is 0.226 bits per heavy atom. The van der Waals surface area contributed by atoms with Crippen molar-refractivity contribution in [1.29, 1.82) is 0 Å². The van der Waals surface area contributed by atoms with Crippen LogP contribution in [0.1, 0.15) is 16.8 Å². The van der Waals surface area contributed by atoms with Gasteiger partial charge in [-0.3, -0.25) is 4.57 Å². The van der Waals surface area contributed by atoms with Crippen molar-refractivity contribution in [2.45, 2.75) is 5.54 Å². The molecule has 39 heteroatoms. The van der Waals surface area contributed by atoms with Crippen LogP contribution in [0.25, 0.3) is 76.9 Å². The standard InChI is InChI=1S/C54HB35N4/c55-2-1-3-4(17(61)46(2)92-48-6(13(57)23(67)34(78)40(48)84)7-14(58)24(68)35(79)41(85)49(7)92)5-12(56)22(66)33(77)39(83)47(5)91(3)53-45(89)38(82)44(88)52(90-53)54(10-18(62)27(71)31(75)28(72)19(10)63,11-20(64)29(73)32(76)30(74)21(11)65)93-50-8(15(59)25(69)36(80)42(50)86)9-16(60)26(70)37(81)43(87)51(9)93/h1H. The van der Waals surface area contributed by atoms with Crippen LogP contribution in [0.3, 0.4) is 0 Å². The van der Waals surface area contributed by atoms with Crippen LogP contribution in [-0.4, -0.2) is 293 Å². The molecule has 0 N–H and O–H groups in total. The first-order valence-corrected chi connectivity index (χ1v) is 27.1. The number of benzene rings is 8. The zero-order chi connectivity index (χ0) is 68.7. The predicted molar refractivity (Wildman–Crippen MR) is 429 cm³/mol. The number of fused-ring (bicyclic) bond motifs is 9. The van der Waals surface area contributed by atoms with E-state index in [4.69, 9.17) is 280 Å². The first-order valence-electron chi connectivity index (χ1n) is 27.1. The molecule has 0 atom stereocenters. The lowest BCUT2D eigenvalue weighted by atomic mass is 9.51. The third kappa shape index (κ3) is 8.46. The summed E-state index contributed by atoms with van der Waals surface area (Å²) in [6.45, 7) is 0. The maximum Gasteiger partial charge on any atom is 0.135 e. The maximum absolute atomic E-state index is 7.58. The summed E-state index contributed by atoms with van der Waals surface area (Å²) in [4.78, 5) is 5.44. The van der Waals surface area contributed by atoms with E-state index in [-0.39, 0.29) is 202 Å². The van der Waals surface area contributed by atoms with Crippen LogP contribution in [0.5, 0.6) is 0 Å². The van der Waals surface area contributed by atoms with Gasteiger partial charge in [-0.05, 0) is 44.1 Å². The van der Waals surface area contributed by atoms with Crippen molar-refractivity contribution >= 4 is 531 Å². The van der Waals surface area contributed by atoms with Gasteiger partial charge in [-0.15, -0.1) is 92.9 Å². The van der Waals surface area contributed by atoms with E-state index in [0.717, 1.165) is 0 Å². The van der Waals surface area contributed by atoms with Crippen molar-refractivity contribution in [3.8, 4) is 11.5 Å². The second-order valence-electron chi connectivity index (χ2n) is 22.6. The molecule has 4 aromatic heterocycles. The fraction of sp³-hybridized carbons (Fsp3) is 0.0185. The topological polar surface area (TPSA) is 27.7 Å². The van der Waals surface area contributed by atoms with Crippen molar-refractivity contribution in [3.63, 3.8) is 0 Å². The molecule has 0 amide bonds. The Balaban J connectivity index is 1.41. The van der Waals surface area contributed by atoms with Gasteiger partial charge < -0.3 is 9.13 Å². The van der Waals surface area contributed by atoms with E-state index in [9.17, 15) is 0 Å². The highest BCUT2D eigenvalue weighted by atomic mass is 15.1. The van der Waals surface area contributed by atoms with Crippen LogP contribution in [0.2, 0.25) is 0 Å². The molecule has 0 bridgehead atoms. The second kappa shape index (κ2) is 22.6. The van der Waals surface area contributed by atoms with Gasteiger partial charge in [0.2, 0.25) is 0 Å². The Labute approximate surface area is 585 Å². The summed E-state index contributed by atoms with van der Waals surface area (Å²) in [5.41, 5.74) is -15.7. The zero-order valence-corrected chi connectivity index (χ0v) is 49.1. The third-order valence-electron chi connectivity index (χ3n) is 18.1. The molecule has 12 aromatic rings. The number of pyridine rings is 1. The highest BCUT2D eigenvalue weighted by Gasteiger charge is 2.49. The molecular formula is C54HB35N4. The third-order valence-corrected chi connectivity index (χ3v) is 18.1. The molecule has 0 spiro atoms. The summed E-state index contributed by atoms with van der Waals surface area (Å²) in [6, 6.07) is 1.40. The van der Waals surface area contributed by atoms with Crippen LogP contribution in [-0.2, 0) is 5.54 Å². The summed E-state index contributed by atoms with van der Waals surface area (Å²) in [5, 5.41) is 0.0141. The SMILES string of the molecule is [B]c1cc2c(c([B])c1-n1c3c([B])c([B])c([B])c([B])c3c3c([B])c([B])c([B])c([B])c31)c1c([B])c([B])c([B])c([B])c1n2-c1nc(C(c2c([B])c([B])c([B])c([B])c2[B])(c2c([B])c([B])c([B])c([B])c2[B])n2c3c([B])c([B])c([B])c([B])c3c3c([B])c([B])c([B])c([B])c32)c([B])c([B])c1[B]. The molecule has 93 heavy (non-hydrogen) atoms. The first-order chi connectivity index (χ1) is 43.3. The highest BCUT2D eigenvalue weighted by molar-refractivity contribution is 6.77. The number of nitrogens with zero attached hydrogens (tertiary/aromatic N) is 4. The zero-order valence-electron chi connectivity index (χ0n) is 49.1. The molecule has 0 unspecified atom stereocenters. The minimum atomic E-state index is -2.93. The molecule has 0 fully saturated rings. The average molecular weight is 1080 g/mol. The lowest BCUT2D eigenvalue weighted by Gasteiger charge is -2.47. The van der Waals surface area contributed by atoms with E-state index in [0.29, 0.717) is 0 Å². The van der Waals surface area contributed by atoms with Gasteiger partial charge in [0, 0.05) is 38.7 Å². The van der Waals surface area contributed by atoms with Gasteiger partial charge in [-0.1, -0.05) is 98.3 Å². The van der Waals surface area contributed by atoms with E-state index in [1.165, 1.54) is 19.8 Å². The number of hydrogen-bond acceptors (Lipinski definition) is 1. The summed E-state index contributed by atoms with van der Waals surface area (Å²) in [5.74, 6) is -0.449. The Bertz CT molecular complexity index is 5310. The van der Waals surface area contributed by atoms with Crippen molar-refractivity contribution < 1.29 is 0 Å². The molecule has 0 saturated heterocycles. The van der Waals surface area contributed by atoms with Crippen LogP contribution in [0.4, 0.5) is 0 Å². The lowest BCUT2D eigenvalue weighted by molar-refractivity contribution is 0.550. The number of rotatable bonds is 6. The Morgan fingerprint density at radius 3 is 0.806 bits per heavy atom. The largest absolute Gasteiger partial charge is 0.322 e. The first kappa shape index (κ1) is 67.6. The molecule has 342 valence electrons. The van der Waals surface area contributed by atoms with Crippen molar-refractivity contribution in [1.82, 2.24) is 18.7 Å². The number of aromatic nitrogens is 4. The molecule has 0 aliphatic rings. The van der Waals surface area contributed by atoms with E-state index < -0.39 is 88.3 Å². The Morgan fingerprint density at radius 2 is 0.473 bits per heavy atom. The summed E-state index contributed by atoms with van der Waals surface area (Å²) >= 11 is 0. The van der Waals surface area contributed by atoms with Crippen LogP contribution < -0.4 is 191 Å². The van der Waals surface area contributed by atoms with Gasteiger partial charge in [-0.25, -0.2) is 4.98 Å². The molecule has 4 nitrogen and oxygen atoms in total. The van der Waals surface area contributed by atoms with Crippen LogP contribution >= 0.6 is 0 Å². The minimum Gasteiger partial charge on any atom is -0.322 e. The van der Waals surface area contributed by atoms with Gasteiger partial charge >= 0.3 is 0 Å². The fourth-order valence-corrected chi connectivity index (χ4v) is 13.2. The van der Waals surface area contributed by atoms with Crippen molar-refractivity contribution in [2.24, 2.45) is 0 Å². The monoisotopic (exact) mass is 1090 g/mol. The van der Waals surface area contributed by atoms with Crippen LogP contribution in [0, 0.1) is 0 Å². The molecule has 0 saturated carbocycles. The molecular weight excluding hydrogens is 1080 g/mol. The highest BCUT2D eigenvalue weighted by Crippen LogP contribution is 2.42. The molecule has 12 rings (SSSR count). The Kier molecular flexibility index (Phi) is 16.4. The Hall–Kier alpha value is -5.42. The van der Waals surface area contributed by atoms with E-state index in [1.54, 1.807) is 0 Å². The molecule has 0 aliphatic heterocycles. The number of hydrogen-bond donors (Lipinski definition) is 0. The fourth-order valence-electron chi connectivity index (χ4n) is 13.2. The van der Waals surface area contributed by atoms with Crippen molar-refractivity contribution in [3.05, 3.63) is 22.9 Å². The van der Waals surface area contributed by atoms with Crippen molar-refractivity contribution in [2.75, 3.05) is 0 Å². The molecule has 8 aromatic carbocycles. The van der Waals surface area contributed by atoms with Gasteiger partial charge in [0.05, 0.1) is 11.2 Å². The predicted octanol–water partition coefficient (Wildman–Crippen LogP) is -29.0. The summed E-state index contributed by atoms with van der Waals surface area (Å²) in [7, 11) is 244. The summed E-state index contributed by atoms with van der Waals surface area (Å²) in [6.07, 6.45) is 0. The van der Waals surface area contributed by atoms with E-state index >= 15 is 0 Å². The van der Waals surface area contributed by atoms with Gasteiger partial charge in [0.15, 0.2) is 0 Å². The van der Waals surface area contributed by atoms with Crippen LogP contribution in [0.15, 0.2) is 6.07 Å². The van der Waals surface area contributed by atoms with Gasteiger partial charge in [0.25, 0.3) is 0 Å².